The lowest BCUT2D eigenvalue weighted by atomic mass is 9.95. The number of hydrogen-bond acceptors (Lipinski definition) is 5. The van der Waals surface area contributed by atoms with Gasteiger partial charge in [0.2, 0.25) is 0 Å². The molecule has 1 aliphatic heterocycles. The van der Waals surface area contributed by atoms with Crippen LogP contribution in [0.5, 0.6) is 0 Å². The topological polar surface area (TPSA) is 90.1 Å². The molecular weight excluding hydrogens is 457 g/mol. The van der Waals surface area contributed by atoms with Crippen molar-refractivity contribution in [1.29, 1.82) is 0 Å². The first-order chi connectivity index (χ1) is 16.8. The molecule has 0 saturated carbocycles. The van der Waals surface area contributed by atoms with Crippen LogP contribution in [0.2, 0.25) is 0 Å². The maximum atomic E-state index is 13.2. The van der Waals surface area contributed by atoms with Crippen LogP contribution in [0.15, 0.2) is 54.7 Å². The third-order valence-electron chi connectivity index (χ3n) is 6.22. The van der Waals surface area contributed by atoms with Crippen LogP contribution < -0.4 is 11.1 Å². The zero-order chi connectivity index (χ0) is 25.0. The molecule has 1 amide bonds. The molecule has 1 unspecified atom stereocenters. The Bertz CT molecular complexity index is 1180. The van der Waals surface area contributed by atoms with Crippen LogP contribution in [0.1, 0.15) is 64.7 Å². The fraction of sp³-hybridized carbons (Fsp3) is 0.346. The minimum Gasteiger partial charge on any atom is -0.381 e. The zero-order valence-corrected chi connectivity index (χ0v) is 19.3. The molecule has 0 spiro atoms. The fourth-order valence-corrected chi connectivity index (χ4v) is 4.16. The number of carbonyl (C=O) groups excluding carboxylic acids is 1. The standard InChI is InChI=1S/C26H27F3N4O2/c1-16(32-25(34)23-8-11-31-24(33-23)19-9-12-35-13-10-19)17-2-4-18(5-3-17)22-14-21(26(27,28)29)7-6-20(22)15-30/h2-8,11,14,16,19H,9-10,12-13,15,30H2,1H3,(H,32,34). The van der Waals surface area contributed by atoms with Gasteiger partial charge in [-0.15, -0.1) is 0 Å². The molecule has 0 aliphatic carbocycles. The second-order valence-corrected chi connectivity index (χ2v) is 8.58. The molecule has 0 radical (unpaired) electrons. The Hall–Kier alpha value is -3.30. The van der Waals surface area contributed by atoms with E-state index in [0.29, 0.717) is 41.4 Å². The third kappa shape index (κ3) is 5.86. The lowest BCUT2D eigenvalue weighted by molar-refractivity contribution is -0.137. The summed E-state index contributed by atoms with van der Waals surface area (Å²) >= 11 is 0. The summed E-state index contributed by atoms with van der Waals surface area (Å²) in [5.41, 5.74) is 7.81. The van der Waals surface area contributed by atoms with Crippen LogP contribution in [0.4, 0.5) is 13.2 Å². The van der Waals surface area contributed by atoms with Gasteiger partial charge in [0.25, 0.3) is 5.91 Å². The van der Waals surface area contributed by atoms with Gasteiger partial charge < -0.3 is 15.8 Å². The summed E-state index contributed by atoms with van der Waals surface area (Å²) in [5.74, 6) is 0.506. The van der Waals surface area contributed by atoms with E-state index in [0.717, 1.165) is 30.5 Å². The van der Waals surface area contributed by atoms with Crippen LogP contribution in [0.3, 0.4) is 0 Å². The van der Waals surface area contributed by atoms with Gasteiger partial charge in [0, 0.05) is 31.9 Å². The van der Waals surface area contributed by atoms with Gasteiger partial charge >= 0.3 is 6.18 Å². The number of nitrogens with one attached hydrogen (secondary N) is 1. The average Bonchev–Trinajstić information content (AvgIpc) is 2.88. The van der Waals surface area contributed by atoms with Crippen molar-refractivity contribution in [2.24, 2.45) is 5.73 Å². The number of benzene rings is 2. The van der Waals surface area contributed by atoms with Crippen molar-refractivity contribution < 1.29 is 22.7 Å². The quantitative estimate of drug-likeness (QED) is 0.514. The number of halogens is 3. The van der Waals surface area contributed by atoms with Crippen molar-refractivity contribution in [3.05, 3.63) is 82.9 Å². The number of nitrogens with zero attached hydrogens (tertiary/aromatic N) is 2. The molecule has 3 N–H and O–H groups in total. The molecule has 1 atom stereocenters. The van der Waals surface area contributed by atoms with Crippen LogP contribution >= 0.6 is 0 Å². The average molecular weight is 485 g/mol. The molecule has 1 saturated heterocycles. The van der Waals surface area contributed by atoms with Gasteiger partial charge in [0.15, 0.2) is 0 Å². The SMILES string of the molecule is CC(NC(=O)c1ccnc(C2CCOCC2)n1)c1ccc(-c2cc(C(F)(F)F)ccc2CN)cc1. The number of carbonyl (C=O) groups is 1. The summed E-state index contributed by atoms with van der Waals surface area (Å²) < 4.78 is 45.0. The molecule has 0 bridgehead atoms. The van der Waals surface area contributed by atoms with E-state index in [4.69, 9.17) is 10.5 Å². The van der Waals surface area contributed by atoms with Crippen LogP contribution in [-0.4, -0.2) is 29.1 Å². The first kappa shape index (κ1) is 24.8. The Morgan fingerprint density at radius 3 is 2.51 bits per heavy atom. The minimum atomic E-state index is -4.44. The number of amides is 1. The Morgan fingerprint density at radius 2 is 1.86 bits per heavy atom. The van der Waals surface area contributed by atoms with Crippen LogP contribution in [0.25, 0.3) is 11.1 Å². The highest BCUT2D eigenvalue weighted by atomic mass is 19.4. The third-order valence-corrected chi connectivity index (χ3v) is 6.22. The van der Waals surface area contributed by atoms with Gasteiger partial charge in [-0.1, -0.05) is 30.3 Å². The first-order valence-electron chi connectivity index (χ1n) is 11.5. The van der Waals surface area contributed by atoms with Gasteiger partial charge in [-0.25, -0.2) is 9.97 Å². The van der Waals surface area contributed by atoms with E-state index in [9.17, 15) is 18.0 Å². The van der Waals surface area contributed by atoms with E-state index in [1.807, 2.05) is 6.92 Å². The maximum Gasteiger partial charge on any atom is 0.416 e. The molecule has 1 aliphatic rings. The summed E-state index contributed by atoms with van der Waals surface area (Å²) in [5, 5.41) is 2.93. The molecule has 1 fully saturated rings. The second kappa shape index (κ2) is 10.5. The number of ether oxygens (including phenoxy) is 1. The largest absolute Gasteiger partial charge is 0.416 e. The van der Waals surface area contributed by atoms with Gasteiger partial charge in [-0.3, -0.25) is 4.79 Å². The molecule has 4 rings (SSSR count). The molecular formula is C26H27F3N4O2. The molecule has 9 heteroatoms. The summed E-state index contributed by atoms with van der Waals surface area (Å²) in [4.78, 5) is 21.6. The lowest BCUT2D eigenvalue weighted by Crippen LogP contribution is -2.28. The van der Waals surface area contributed by atoms with Gasteiger partial charge in [-0.2, -0.15) is 13.2 Å². The number of hydrogen-bond donors (Lipinski definition) is 2. The highest BCUT2D eigenvalue weighted by molar-refractivity contribution is 5.92. The zero-order valence-electron chi connectivity index (χ0n) is 19.3. The second-order valence-electron chi connectivity index (χ2n) is 8.58. The Kier molecular flexibility index (Phi) is 7.47. The predicted molar refractivity (Wildman–Crippen MR) is 125 cm³/mol. The van der Waals surface area contributed by atoms with Crippen molar-refractivity contribution in [2.45, 2.75) is 44.4 Å². The highest BCUT2D eigenvalue weighted by Gasteiger charge is 2.31. The molecule has 184 valence electrons. The van der Waals surface area contributed by atoms with E-state index >= 15 is 0 Å². The van der Waals surface area contributed by atoms with E-state index < -0.39 is 11.7 Å². The van der Waals surface area contributed by atoms with Gasteiger partial charge in [0.1, 0.15) is 11.5 Å². The fourth-order valence-electron chi connectivity index (χ4n) is 4.16. The first-order valence-corrected chi connectivity index (χ1v) is 11.5. The molecule has 2 heterocycles. The Morgan fingerprint density at radius 1 is 1.14 bits per heavy atom. The normalized spacial score (nSPS) is 15.6. The van der Waals surface area contributed by atoms with E-state index in [1.54, 1.807) is 36.5 Å². The Balaban J connectivity index is 1.48. The van der Waals surface area contributed by atoms with Crippen molar-refractivity contribution in [3.8, 4) is 11.1 Å². The van der Waals surface area contributed by atoms with Gasteiger partial charge in [-0.05, 0) is 60.2 Å². The molecule has 35 heavy (non-hydrogen) atoms. The van der Waals surface area contributed by atoms with Crippen LogP contribution in [-0.2, 0) is 17.5 Å². The Labute approximate surface area is 201 Å². The van der Waals surface area contributed by atoms with E-state index in [2.05, 4.69) is 15.3 Å². The summed E-state index contributed by atoms with van der Waals surface area (Å²) in [6.07, 6.45) is -1.19. The predicted octanol–water partition coefficient (Wildman–Crippen LogP) is 5.01. The number of alkyl halides is 3. The van der Waals surface area contributed by atoms with E-state index in [1.165, 1.54) is 6.07 Å². The van der Waals surface area contributed by atoms with Crippen molar-refractivity contribution in [3.63, 3.8) is 0 Å². The van der Waals surface area contributed by atoms with E-state index in [-0.39, 0.29) is 24.4 Å². The summed E-state index contributed by atoms with van der Waals surface area (Å²) in [6.45, 7) is 3.27. The smallest absolute Gasteiger partial charge is 0.381 e. The molecule has 3 aromatic rings. The monoisotopic (exact) mass is 484 g/mol. The lowest BCUT2D eigenvalue weighted by Gasteiger charge is -2.21. The molecule has 2 aromatic carbocycles. The number of aromatic nitrogens is 2. The summed E-state index contributed by atoms with van der Waals surface area (Å²) in [7, 11) is 0. The number of nitrogens with two attached hydrogens (primary N) is 1. The van der Waals surface area contributed by atoms with Crippen molar-refractivity contribution >= 4 is 5.91 Å². The molecule has 1 aromatic heterocycles. The number of rotatable bonds is 6. The minimum absolute atomic E-state index is 0.122. The van der Waals surface area contributed by atoms with Crippen molar-refractivity contribution in [1.82, 2.24) is 15.3 Å². The highest BCUT2D eigenvalue weighted by Crippen LogP contribution is 2.34. The summed E-state index contributed by atoms with van der Waals surface area (Å²) in [6, 6.07) is 11.9. The molecule has 6 nitrogen and oxygen atoms in total. The van der Waals surface area contributed by atoms with Crippen molar-refractivity contribution in [2.75, 3.05) is 13.2 Å². The van der Waals surface area contributed by atoms with Crippen LogP contribution in [0, 0.1) is 0 Å². The van der Waals surface area contributed by atoms with Gasteiger partial charge in [0.05, 0.1) is 11.6 Å². The maximum absolute atomic E-state index is 13.2.